The molecule has 10 heavy (non-hydrogen) atoms. The van der Waals surface area contributed by atoms with Gasteiger partial charge in [-0.2, -0.15) is 0 Å². The van der Waals surface area contributed by atoms with Gasteiger partial charge in [-0.25, -0.2) is 8.78 Å². The van der Waals surface area contributed by atoms with E-state index in [9.17, 15) is 8.78 Å². The second-order valence-electron chi connectivity index (χ2n) is 2.75. The fourth-order valence-corrected chi connectivity index (χ4v) is 0.924. The van der Waals surface area contributed by atoms with Gasteiger partial charge >= 0.3 is 0 Å². The van der Waals surface area contributed by atoms with Crippen LogP contribution in [0.3, 0.4) is 0 Å². The molecule has 0 nitrogen and oxygen atoms in total. The summed E-state index contributed by atoms with van der Waals surface area (Å²) in [6.45, 7) is 3.74. The molecule has 2 heteroatoms. The smallest absolute Gasteiger partial charge is 0.154 e. The van der Waals surface area contributed by atoms with Crippen molar-refractivity contribution in [2.75, 3.05) is 0 Å². The van der Waals surface area contributed by atoms with Crippen LogP contribution in [0.15, 0.2) is 23.8 Å². The van der Waals surface area contributed by atoms with Gasteiger partial charge in [0.15, 0.2) is 11.7 Å². The largest absolute Gasteiger partial charge is 0.204 e. The maximum Gasteiger partial charge on any atom is 0.154 e. The van der Waals surface area contributed by atoms with Gasteiger partial charge in [0.25, 0.3) is 0 Å². The quantitative estimate of drug-likeness (QED) is 0.490. The minimum Gasteiger partial charge on any atom is -0.204 e. The standard InChI is InChI=1S/C8H10F2/c1-5-3-7(9)8(10)4-6(5)2/h3-6H,1-2H3. The van der Waals surface area contributed by atoms with Gasteiger partial charge in [0.05, 0.1) is 0 Å². The van der Waals surface area contributed by atoms with Gasteiger partial charge in [-0.15, -0.1) is 0 Å². The highest BCUT2D eigenvalue weighted by atomic mass is 19.2. The van der Waals surface area contributed by atoms with Gasteiger partial charge in [-0.3, -0.25) is 0 Å². The number of hydrogen-bond donors (Lipinski definition) is 0. The van der Waals surface area contributed by atoms with Gasteiger partial charge in [0.2, 0.25) is 0 Å². The third-order valence-electron chi connectivity index (χ3n) is 1.88. The number of allylic oxidation sites excluding steroid dienone is 4. The summed E-state index contributed by atoms with van der Waals surface area (Å²) >= 11 is 0. The molecular formula is C8H10F2. The summed E-state index contributed by atoms with van der Waals surface area (Å²) in [5, 5.41) is 0. The highest BCUT2D eigenvalue weighted by Crippen LogP contribution is 2.28. The van der Waals surface area contributed by atoms with Crippen LogP contribution in [0.4, 0.5) is 8.78 Å². The highest BCUT2D eigenvalue weighted by molar-refractivity contribution is 5.24. The maximum absolute atomic E-state index is 12.4. The topological polar surface area (TPSA) is 0 Å². The predicted octanol–water partition coefficient (Wildman–Crippen LogP) is 2.98. The van der Waals surface area contributed by atoms with E-state index >= 15 is 0 Å². The first-order valence-corrected chi connectivity index (χ1v) is 3.36. The number of rotatable bonds is 0. The molecule has 0 N–H and O–H groups in total. The number of hydrogen-bond acceptors (Lipinski definition) is 0. The molecule has 1 rings (SSSR count). The normalized spacial score (nSPS) is 33.2. The molecule has 1 aliphatic carbocycles. The van der Waals surface area contributed by atoms with Crippen LogP contribution in [0.1, 0.15) is 13.8 Å². The summed E-state index contributed by atoms with van der Waals surface area (Å²) in [6, 6.07) is 0. The molecule has 0 saturated heterocycles. The minimum atomic E-state index is -0.717. The molecule has 2 atom stereocenters. The second kappa shape index (κ2) is 2.52. The molecule has 0 fully saturated rings. The van der Waals surface area contributed by atoms with E-state index in [-0.39, 0.29) is 11.8 Å². The first-order valence-electron chi connectivity index (χ1n) is 3.36. The van der Waals surface area contributed by atoms with Gasteiger partial charge in [0, 0.05) is 0 Å². The van der Waals surface area contributed by atoms with E-state index in [4.69, 9.17) is 0 Å². The van der Waals surface area contributed by atoms with E-state index < -0.39 is 11.7 Å². The van der Waals surface area contributed by atoms with Crippen molar-refractivity contribution in [2.45, 2.75) is 13.8 Å². The van der Waals surface area contributed by atoms with E-state index in [1.54, 1.807) is 0 Å². The molecule has 0 amide bonds. The lowest BCUT2D eigenvalue weighted by Crippen LogP contribution is -2.07. The zero-order chi connectivity index (χ0) is 7.72. The molecule has 0 saturated carbocycles. The number of halogens is 2. The summed E-state index contributed by atoms with van der Waals surface area (Å²) in [4.78, 5) is 0. The Balaban J connectivity index is 2.83. The third-order valence-corrected chi connectivity index (χ3v) is 1.88. The summed E-state index contributed by atoms with van der Waals surface area (Å²) in [5.74, 6) is -1.21. The Morgan fingerprint density at radius 2 is 1.30 bits per heavy atom. The Bertz CT molecular complexity index is 169. The molecule has 56 valence electrons. The van der Waals surface area contributed by atoms with Crippen molar-refractivity contribution in [1.29, 1.82) is 0 Å². The maximum atomic E-state index is 12.4. The van der Waals surface area contributed by atoms with Gasteiger partial charge < -0.3 is 0 Å². The second-order valence-corrected chi connectivity index (χ2v) is 2.75. The molecule has 0 spiro atoms. The summed E-state index contributed by atoms with van der Waals surface area (Å²) in [6.07, 6.45) is 2.64. The average Bonchev–Trinajstić information content (AvgIpc) is 1.84. The van der Waals surface area contributed by atoms with Crippen LogP contribution in [-0.2, 0) is 0 Å². The lowest BCUT2D eigenvalue weighted by molar-refractivity contribution is 0.461. The summed E-state index contributed by atoms with van der Waals surface area (Å²) in [7, 11) is 0. The van der Waals surface area contributed by atoms with E-state index in [2.05, 4.69) is 0 Å². The van der Waals surface area contributed by atoms with Crippen LogP contribution in [-0.4, -0.2) is 0 Å². The minimum absolute atomic E-state index is 0.111. The molecule has 0 aromatic carbocycles. The first-order chi connectivity index (χ1) is 4.61. The zero-order valence-corrected chi connectivity index (χ0v) is 6.07. The van der Waals surface area contributed by atoms with Crippen LogP contribution < -0.4 is 0 Å². The zero-order valence-electron chi connectivity index (χ0n) is 6.07. The van der Waals surface area contributed by atoms with E-state index in [0.717, 1.165) is 0 Å². The predicted molar refractivity (Wildman–Crippen MR) is 36.7 cm³/mol. The monoisotopic (exact) mass is 144 g/mol. The highest BCUT2D eigenvalue weighted by Gasteiger charge is 2.17. The van der Waals surface area contributed by atoms with Crippen molar-refractivity contribution in [1.82, 2.24) is 0 Å². The molecular weight excluding hydrogens is 134 g/mol. The summed E-state index contributed by atoms with van der Waals surface area (Å²) in [5.41, 5.74) is 0. The average molecular weight is 144 g/mol. The van der Waals surface area contributed by atoms with E-state index in [1.807, 2.05) is 13.8 Å². The van der Waals surface area contributed by atoms with E-state index in [1.165, 1.54) is 12.2 Å². The SMILES string of the molecule is CC1C=C(F)C(F)=CC1C. The Hall–Kier alpha value is -0.660. The molecule has 1 aliphatic rings. The van der Waals surface area contributed by atoms with Crippen LogP contribution >= 0.6 is 0 Å². The van der Waals surface area contributed by atoms with Gasteiger partial charge in [0.1, 0.15) is 0 Å². The van der Waals surface area contributed by atoms with Crippen molar-refractivity contribution in [2.24, 2.45) is 11.8 Å². The van der Waals surface area contributed by atoms with E-state index in [0.29, 0.717) is 0 Å². The van der Waals surface area contributed by atoms with Crippen molar-refractivity contribution < 1.29 is 8.78 Å². The fraction of sp³-hybridized carbons (Fsp3) is 0.500. The lowest BCUT2D eigenvalue weighted by Gasteiger charge is -2.16. The molecule has 0 aromatic rings. The van der Waals surface area contributed by atoms with Gasteiger partial charge in [-0.05, 0) is 24.0 Å². The van der Waals surface area contributed by atoms with Crippen LogP contribution in [0, 0.1) is 11.8 Å². The Labute approximate surface area is 59.2 Å². The lowest BCUT2D eigenvalue weighted by atomic mass is 9.91. The molecule has 0 heterocycles. The molecule has 0 aliphatic heterocycles. The third kappa shape index (κ3) is 1.25. The van der Waals surface area contributed by atoms with Crippen molar-refractivity contribution in [3.63, 3.8) is 0 Å². The van der Waals surface area contributed by atoms with Crippen molar-refractivity contribution >= 4 is 0 Å². The Kier molecular flexibility index (Phi) is 1.88. The molecule has 0 bridgehead atoms. The van der Waals surface area contributed by atoms with Crippen LogP contribution in [0.2, 0.25) is 0 Å². The van der Waals surface area contributed by atoms with Crippen molar-refractivity contribution in [3.05, 3.63) is 23.8 Å². The Morgan fingerprint density at radius 1 is 1.00 bits per heavy atom. The molecule has 0 radical (unpaired) electrons. The Morgan fingerprint density at radius 3 is 1.60 bits per heavy atom. The van der Waals surface area contributed by atoms with Crippen molar-refractivity contribution in [3.8, 4) is 0 Å². The summed E-state index contributed by atoms with van der Waals surface area (Å²) < 4.78 is 24.8. The fourth-order valence-electron chi connectivity index (χ4n) is 0.924. The first kappa shape index (κ1) is 7.45. The van der Waals surface area contributed by atoms with Gasteiger partial charge in [-0.1, -0.05) is 13.8 Å². The van der Waals surface area contributed by atoms with Crippen LogP contribution in [0.5, 0.6) is 0 Å². The van der Waals surface area contributed by atoms with Crippen LogP contribution in [0.25, 0.3) is 0 Å². The molecule has 0 aromatic heterocycles. The molecule has 2 unspecified atom stereocenters.